The molecule has 11 rings (SSSR count). The first-order valence-corrected chi connectivity index (χ1v) is 20.4. The van der Waals surface area contributed by atoms with Crippen molar-refractivity contribution in [1.29, 1.82) is 0 Å². The number of nitrogens with zero attached hydrogens (tertiary/aromatic N) is 5. The number of benzene rings is 8. The van der Waals surface area contributed by atoms with Crippen LogP contribution >= 0.6 is 11.3 Å². The van der Waals surface area contributed by atoms with Crippen molar-refractivity contribution in [3.63, 3.8) is 0 Å². The standard InChI is InChI=1S/C53H33N5S/c1-3-9-34(10-4-1)35-23-27-42(28-24-35)52-54-51(41-11-5-2-6-12-41)55-53(56-52)43-29-25-39(26-30-43)37-17-15-36(16-18-37)38-19-21-40(22-20-38)44-31-32-48-46(33-44)49-50(59-48)45-13-7-8-14-47(45)57-58-49/h1-33H. The van der Waals surface area contributed by atoms with Gasteiger partial charge in [-0.05, 0) is 62.7 Å². The number of hydrogen-bond donors (Lipinski definition) is 0. The minimum Gasteiger partial charge on any atom is -0.208 e. The highest BCUT2D eigenvalue weighted by Gasteiger charge is 2.15. The lowest BCUT2D eigenvalue weighted by atomic mass is 9.97. The molecule has 0 aliphatic heterocycles. The summed E-state index contributed by atoms with van der Waals surface area (Å²) in [7, 11) is 0. The minimum absolute atomic E-state index is 0.636. The van der Waals surface area contributed by atoms with Crippen molar-refractivity contribution in [2.24, 2.45) is 0 Å². The van der Waals surface area contributed by atoms with Crippen LogP contribution in [0.5, 0.6) is 0 Å². The number of aromatic nitrogens is 5. The summed E-state index contributed by atoms with van der Waals surface area (Å²) in [4.78, 5) is 14.8. The Morgan fingerprint density at radius 3 is 1.17 bits per heavy atom. The Labute approximate surface area is 345 Å². The fourth-order valence-electron chi connectivity index (χ4n) is 7.72. The maximum Gasteiger partial charge on any atom is 0.164 e. The molecule has 0 saturated heterocycles. The predicted molar refractivity (Wildman–Crippen MR) is 244 cm³/mol. The molecule has 0 saturated carbocycles. The molecule has 0 bridgehead atoms. The highest BCUT2D eigenvalue weighted by atomic mass is 32.1. The van der Waals surface area contributed by atoms with E-state index in [-0.39, 0.29) is 0 Å². The Hall–Kier alpha value is -7.67. The van der Waals surface area contributed by atoms with Gasteiger partial charge in [-0.1, -0.05) is 182 Å². The van der Waals surface area contributed by atoms with Crippen LogP contribution in [0.1, 0.15) is 0 Å². The van der Waals surface area contributed by atoms with Gasteiger partial charge in [0, 0.05) is 32.2 Å². The van der Waals surface area contributed by atoms with Crippen LogP contribution in [0.3, 0.4) is 0 Å². The zero-order valence-corrected chi connectivity index (χ0v) is 32.5. The number of rotatable bonds is 7. The van der Waals surface area contributed by atoms with Crippen molar-refractivity contribution in [3.8, 4) is 78.7 Å². The van der Waals surface area contributed by atoms with Crippen LogP contribution in [-0.2, 0) is 0 Å². The lowest BCUT2D eigenvalue weighted by Crippen LogP contribution is -2.00. The van der Waals surface area contributed by atoms with Gasteiger partial charge in [0.15, 0.2) is 17.5 Å². The molecule has 3 aromatic heterocycles. The monoisotopic (exact) mass is 771 g/mol. The van der Waals surface area contributed by atoms with Crippen molar-refractivity contribution in [3.05, 3.63) is 200 Å². The molecule has 0 spiro atoms. The maximum absolute atomic E-state index is 4.98. The summed E-state index contributed by atoms with van der Waals surface area (Å²) in [6, 6.07) is 69.8. The molecule has 5 nitrogen and oxygen atoms in total. The average molecular weight is 772 g/mol. The summed E-state index contributed by atoms with van der Waals surface area (Å²) in [5, 5.41) is 11.4. The zero-order chi connectivity index (χ0) is 39.1. The molecule has 8 aromatic carbocycles. The van der Waals surface area contributed by atoms with Crippen LogP contribution in [0, 0.1) is 0 Å². The third kappa shape index (κ3) is 6.61. The summed E-state index contributed by atoms with van der Waals surface area (Å²) >= 11 is 1.78. The first kappa shape index (κ1) is 34.6. The van der Waals surface area contributed by atoms with Gasteiger partial charge in [0.1, 0.15) is 5.52 Å². The number of thiophene rings is 1. The summed E-state index contributed by atoms with van der Waals surface area (Å²) in [5.41, 5.74) is 14.0. The van der Waals surface area contributed by atoms with Crippen molar-refractivity contribution in [2.45, 2.75) is 0 Å². The van der Waals surface area contributed by atoms with Crippen molar-refractivity contribution < 1.29 is 0 Å². The van der Waals surface area contributed by atoms with E-state index in [1.807, 2.05) is 48.5 Å². The van der Waals surface area contributed by atoms with Crippen molar-refractivity contribution >= 4 is 42.5 Å². The molecule has 0 aliphatic carbocycles. The van der Waals surface area contributed by atoms with Gasteiger partial charge in [-0.2, -0.15) is 0 Å². The molecule has 6 heteroatoms. The Morgan fingerprint density at radius 2 is 0.661 bits per heavy atom. The van der Waals surface area contributed by atoms with E-state index < -0.39 is 0 Å². The SMILES string of the molecule is c1ccc(-c2ccc(-c3nc(-c4ccccc4)nc(-c4ccc(-c5ccc(-c6ccc(-c7ccc8sc9c%10ccccc%10nnc9c8c7)cc6)cc5)cc4)n3)cc2)cc1. The Morgan fingerprint density at radius 1 is 0.288 bits per heavy atom. The highest BCUT2D eigenvalue weighted by molar-refractivity contribution is 7.26. The molecule has 0 atom stereocenters. The van der Waals surface area contributed by atoms with Gasteiger partial charge >= 0.3 is 0 Å². The van der Waals surface area contributed by atoms with E-state index >= 15 is 0 Å². The van der Waals surface area contributed by atoms with Crippen LogP contribution in [-0.4, -0.2) is 25.1 Å². The van der Waals surface area contributed by atoms with Crippen molar-refractivity contribution in [1.82, 2.24) is 25.1 Å². The van der Waals surface area contributed by atoms with E-state index in [1.165, 1.54) is 37.2 Å². The Balaban J connectivity index is 0.841. The third-order valence-electron chi connectivity index (χ3n) is 10.9. The molecule has 0 aliphatic rings. The summed E-state index contributed by atoms with van der Waals surface area (Å²) in [6.07, 6.45) is 0. The summed E-state index contributed by atoms with van der Waals surface area (Å²) in [5.74, 6) is 1.92. The smallest absolute Gasteiger partial charge is 0.164 e. The largest absolute Gasteiger partial charge is 0.208 e. The molecular weight excluding hydrogens is 739 g/mol. The van der Waals surface area contributed by atoms with Gasteiger partial charge in [-0.3, -0.25) is 0 Å². The van der Waals surface area contributed by atoms with Crippen LogP contribution in [0.15, 0.2) is 200 Å². The van der Waals surface area contributed by atoms with Gasteiger partial charge in [-0.15, -0.1) is 21.5 Å². The average Bonchev–Trinajstić information content (AvgIpc) is 3.71. The Bertz CT molecular complexity index is 3270. The molecule has 59 heavy (non-hydrogen) atoms. The lowest BCUT2D eigenvalue weighted by molar-refractivity contribution is 1.07. The van der Waals surface area contributed by atoms with E-state index in [0.29, 0.717) is 17.5 Å². The molecule has 0 fully saturated rings. The van der Waals surface area contributed by atoms with E-state index in [4.69, 9.17) is 15.0 Å². The van der Waals surface area contributed by atoms with Crippen LogP contribution in [0.2, 0.25) is 0 Å². The Kier molecular flexibility index (Phi) is 8.60. The topological polar surface area (TPSA) is 64.5 Å². The summed E-state index contributed by atoms with van der Waals surface area (Å²) < 4.78 is 2.41. The first-order valence-electron chi connectivity index (χ1n) is 19.6. The molecule has 0 N–H and O–H groups in total. The molecule has 3 heterocycles. The fourth-order valence-corrected chi connectivity index (χ4v) is 8.87. The lowest BCUT2D eigenvalue weighted by Gasteiger charge is -2.10. The second kappa shape index (κ2) is 14.7. The minimum atomic E-state index is 0.636. The van der Waals surface area contributed by atoms with Crippen LogP contribution in [0.25, 0.3) is 110 Å². The van der Waals surface area contributed by atoms with Gasteiger partial charge in [-0.25, -0.2) is 15.0 Å². The molecule has 0 unspecified atom stereocenters. The number of fused-ring (bicyclic) bond motifs is 5. The maximum atomic E-state index is 4.98. The van der Waals surface area contributed by atoms with Gasteiger partial charge in [0.05, 0.1) is 10.2 Å². The molecule has 0 radical (unpaired) electrons. The quantitative estimate of drug-likeness (QED) is 0.161. The molecule has 276 valence electrons. The number of hydrogen-bond acceptors (Lipinski definition) is 6. The van der Waals surface area contributed by atoms with E-state index in [9.17, 15) is 0 Å². The zero-order valence-electron chi connectivity index (χ0n) is 31.7. The summed E-state index contributed by atoms with van der Waals surface area (Å²) in [6.45, 7) is 0. The third-order valence-corrected chi connectivity index (χ3v) is 12.1. The normalized spacial score (nSPS) is 11.4. The first-order chi connectivity index (χ1) is 29.2. The van der Waals surface area contributed by atoms with Crippen molar-refractivity contribution in [2.75, 3.05) is 0 Å². The molecular formula is C53H33N5S. The van der Waals surface area contributed by atoms with E-state index in [0.717, 1.165) is 55.2 Å². The van der Waals surface area contributed by atoms with Crippen LogP contribution < -0.4 is 0 Å². The molecule has 0 amide bonds. The predicted octanol–water partition coefficient (Wildman–Crippen LogP) is 13.9. The van der Waals surface area contributed by atoms with E-state index in [2.05, 4.69) is 162 Å². The fraction of sp³-hybridized carbons (Fsp3) is 0. The van der Waals surface area contributed by atoms with Gasteiger partial charge in [0.2, 0.25) is 0 Å². The van der Waals surface area contributed by atoms with Gasteiger partial charge < -0.3 is 0 Å². The van der Waals surface area contributed by atoms with E-state index in [1.54, 1.807) is 11.3 Å². The molecule has 11 aromatic rings. The van der Waals surface area contributed by atoms with Gasteiger partial charge in [0.25, 0.3) is 0 Å². The second-order valence-corrected chi connectivity index (χ2v) is 15.6. The van der Waals surface area contributed by atoms with Crippen LogP contribution in [0.4, 0.5) is 0 Å². The second-order valence-electron chi connectivity index (χ2n) is 14.6. The highest BCUT2D eigenvalue weighted by Crippen LogP contribution is 2.39.